The summed E-state index contributed by atoms with van der Waals surface area (Å²) in [6.45, 7) is 0.689. The lowest BCUT2D eigenvalue weighted by atomic mass is 9.46. The van der Waals surface area contributed by atoms with Crippen LogP contribution < -0.4 is 0 Å². The molecule has 4 aliphatic rings. The fourth-order valence-electron chi connectivity index (χ4n) is 5.00. The minimum absolute atomic E-state index is 0.0532. The number of hydrogen-bond acceptors (Lipinski definition) is 3. The molecule has 0 aromatic heterocycles. The van der Waals surface area contributed by atoms with Crippen LogP contribution in [0.2, 0.25) is 0 Å². The van der Waals surface area contributed by atoms with Crippen LogP contribution in [0.25, 0.3) is 0 Å². The standard InChI is InChI=1S/C12H20O3/c1-15-8-10-2-9-3-11(13,5-10)7-12(14,4-9)6-10/h9,13-14H,2-8H2,1H3. The number of aliphatic hydroxyl groups is 2. The van der Waals surface area contributed by atoms with Gasteiger partial charge < -0.3 is 14.9 Å². The second-order valence-electron chi connectivity index (χ2n) is 6.39. The SMILES string of the molecule is COCC12CC3CC(O)(CC(O)(C3)C1)C2. The van der Waals surface area contributed by atoms with Crippen molar-refractivity contribution in [2.75, 3.05) is 13.7 Å². The zero-order valence-electron chi connectivity index (χ0n) is 9.33. The predicted octanol–water partition coefficient (Wildman–Crippen LogP) is 1.08. The number of methoxy groups -OCH3 is 1. The number of rotatable bonds is 2. The minimum atomic E-state index is -0.604. The van der Waals surface area contributed by atoms with Crippen LogP contribution in [-0.2, 0) is 4.74 Å². The molecule has 4 bridgehead atoms. The molecule has 4 fully saturated rings. The van der Waals surface area contributed by atoms with E-state index >= 15 is 0 Å². The van der Waals surface area contributed by atoms with Crippen molar-refractivity contribution in [2.24, 2.45) is 11.3 Å². The maximum Gasteiger partial charge on any atom is 0.0684 e. The molecule has 0 spiro atoms. The molecule has 3 nitrogen and oxygen atoms in total. The molecule has 0 amide bonds. The van der Waals surface area contributed by atoms with E-state index in [1.807, 2.05) is 0 Å². The highest BCUT2D eigenvalue weighted by Gasteiger charge is 2.62. The fraction of sp³-hybridized carbons (Fsp3) is 1.00. The van der Waals surface area contributed by atoms with Gasteiger partial charge in [0.15, 0.2) is 0 Å². The molecule has 0 radical (unpaired) electrons. The fourth-order valence-corrected chi connectivity index (χ4v) is 5.00. The van der Waals surface area contributed by atoms with Crippen molar-refractivity contribution in [2.45, 2.75) is 49.7 Å². The van der Waals surface area contributed by atoms with Crippen molar-refractivity contribution < 1.29 is 14.9 Å². The summed E-state index contributed by atoms with van der Waals surface area (Å²) in [5, 5.41) is 20.9. The van der Waals surface area contributed by atoms with Gasteiger partial charge in [-0.05, 0) is 43.4 Å². The average Bonchev–Trinajstić information content (AvgIpc) is 1.94. The van der Waals surface area contributed by atoms with E-state index in [2.05, 4.69) is 0 Å². The molecule has 15 heavy (non-hydrogen) atoms. The number of ether oxygens (including phenoxy) is 1. The summed E-state index contributed by atoms with van der Waals surface area (Å²) in [5.41, 5.74) is -1.16. The zero-order chi connectivity index (χ0) is 10.7. The minimum Gasteiger partial charge on any atom is -0.390 e. The molecule has 4 aliphatic carbocycles. The third-order valence-electron chi connectivity index (χ3n) is 4.58. The molecule has 2 unspecified atom stereocenters. The molecular weight excluding hydrogens is 192 g/mol. The summed E-state index contributed by atoms with van der Waals surface area (Å²) < 4.78 is 5.29. The Labute approximate surface area is 90.4 Å². The van der Waals surface area contributed by atoms with Crippen LogP contribution in [0.3, 0.4) is 0 Å². The van der Waals surface area contributed by atoms with Crippen LogP contribution in [0, 0.1) is 11.3 Å². The summed E-state index contributed by atoms with van der Waals surface area (Å²) in [6, 6.07) is 0. The normalized spacial score (nSPS) is 57.4. The molecule has 0 aromatic carbocycles. The van der Waals surface area contributed by atoms with Gasteiger partial charge in [0.25, 0.3) is 0 Å². The lowest BCUT2D eigenvalue weighted by Crippen LogP contribution is -2.64. The Balaban J connectivity index is 1.94. The summed E-state index contributed by atoms with van der Waals surface area (Å²) in [4.78, 5) is 0. The highest BCUT2D eigenvalue weighted by molar-refractivity contribution is 5.14. The quantitative estimate of drug-likeness (QED) is 0.720. The molecule has 2 N–H and O–H groups in total. The highest BCUT2D eigenvalue weighted by atomic mass is 16.5. The summed E-state index contributed by atoms with van der Waals surface area (Å²) in [6.07, 6.45) is 5.15. The van der Waals surface area contributed by atoms with Gasteiger partial charge >= 0.3 is 0 Å². The highest BCUT2D eigenvalue weighted by Crippen LogP contribution is 2.63. The average molecular weight is 212 g/mol. The van der Waals surface area contributed by atoms with Crippen molar-refractivity contribution in [3.8, 4) is 0 Å². The molecule has 86 valence electrons. The van der Waals surface area contributed by atoms with E-state index in [0.717, 1.165) is 32.1 Å². The van der Waals surface area contributed by atoms with Gasteiger partial charge in [-0.1, -0.05) is 0 Å². The molecule has 0 aromatic rings. The van der Waals surface area contributed by atoms with E-state index in [-0.39, 0.29) is 5.41 Å². The Bertz CT molecular complexity index is 271. The van der Waals surface area contributed by atoms with E-state index in [0.29, 0.717) is 18.9 Å². The van der Waals surface area contributed by atoms with Gasteiger partial charge in [-0.25, -0.2) is 0 Å². The Kier molecular flexibility index (Phi) is 1.85. The second kappa shape index (κ2) is 2.76. The van der Waals surface area contributed by atoms with Crippen LogP contribution in [0.1, 0.15) is 38.5 Å². The van der Waals surface area contributed by atoms with Gasteiger partial charge in [0, 0.05) is 13.5 Å². The molecule has 2 atom stereocenters. The van der Waals surface area contributed by atoms with Crippen molar-refractivity contribution in [3.05, 3.63) is 0 Å². The second-order valence-corrected chi connectivity index (χ2v) is 6.39. The lowest BCUT2D eigenvalue weighted by molar-refractivity contribution is -0.238. The van der Waals surface area contributed by atoms with Gasteiger partial charge in [0.05, 0.1) is 17.8 Å². The topological polar surface area (TPSA) is 49.7 Å². The van der Waals surface area contributed by atoms with Crippen LogP contribution in [-0.4, -0.2) is 35.1 Å². The molecular formula is C12H20O3. The van der Waals surface area contributed by atoms with Gasteiger partial charge in [-0.2, -0.15) is 0 Å². The maximum atomic E-state index is 10.4. The van der Waals surface area contributed by atoms with Crippen molar-refractivity contribution in [3.63, 3.8) is 0 Å². The molecule has 4 saturated carbocycles. The Morgan fingerprint density at radius 2 is 1.67 bits per heavy atom. The summed E-state index contributed by atoms with van der Waals surface area (Å²) in [7, 11) is 1.71. The third kappa shape index (κ3) is 1.44. The van der Waals surface area contributed by atoms with Gasteiger partial charge in [0.2, 0.25) is 0 Å². The van der Waals surface area contributed by atoms with E-state index in [9.17, 15) is 10.2 Å². The molecule has 0 saturated heterocycles. The Morgan fingerprint density at radius 1 is 1.07 bits per heavy atom. The first-order valence-corrected chi connectivity index (χ1v) is 5.90. The Morgan fingerprint density at radius 3 is 2.13 bits per heavy atom. The maximum absolute atomic E-state index is 10.4. The molecule has 4 rings (SSSR count). The van der Waals surface area contributed by atoms with E-state index in [1.165, 1.54) is 0 Å². The van der Waals surface area contributed by atoms with E-state index < -0.39 is 11.2 Å². The monoisotopic (exact) mass is 212 g/mol. The van der Waals surface area contributed by atoms with Crippen molar-refractivity contribution >= 4 is 0 Å². The van der Waals surface area contributed by atoms with Crippen molar-refractivity contribution in [1.82, 2.24) is 0 Å². The summed E-state index contributed by atoms with van der Waals surface area (Å²) in [5.74, 6) is 0.506. The van der Waals surface area contributed by atoms with E-state index in [4.69, 9.17) is 4.74 Å². The smallest absolute Gasteiger partial charge is 0.0684 e. The van der Waals surface area contributed by atoms with Crippen LogP contribution in [0.15, 0.2) is 0 Å². The van der Waals surface area contributed by atoms with Crippen LogP contribution >= 0.6 is 0 Å². The summed E-state index contributed by atoms with van der Waals surface area (Å²) >= 11 is 0. The lowest BCUT2D eigenvalue weighted by Gasteiger charge is -2.63. The van der Waals surface area contributed by atoms with E-state index in [1.54, 1.807) is 7.11 Å². The van der Waals surface area contributed by atoms with Gasteiger partial charge in [-0.3, -0.25) is 0 Å². The zero-order valence-corrected chi connectivity index (χ0v) is 9.33. The molecule has 0 aliphatic heterocycles. The predicted molar refractivity (Wildman–Crippen MR) is 55.4 cm³/mol. The molecule has 3 heteroatoms. The third-order valence-corrected chi connectivity index (χ3v) is 4.58. The van der Waals surface area contributed by atoms with Gasteiger partial charge in [0.1, 0.15) is 0 Å². The van der Waals surface area contributed by atoms with Crippen LogP contribution in [0.4, 0.5) is 0 Å². The van der Waals surface area contributed by atoms with Gasteiger partial charge in [-0.15, -0.1) is 0 Å². The first-order chi connectivity index (χ1) is 6.97. The first kappa shape index (κ1) is 10.1. The first-order valence-electron chi connectivity index (χ1n) is 5.90. The Hall–Kier alpha value is -0.120. The molecule has 0 heterocycles. The van der Waals surface area contributed by atoms with Crippen LogP contribution in [0.5, 0.6) is 0 Å². The number of hydrogen-bond donors (Lipinski definition) is 2. The largest absolute Gasteiger partial charge is 0.390 e. The van der Waals surface area contributed by atoms with Crippen molar-refractivity contribution in [1.29, 1.82) is 0 Å².